The minimum Gasteiger partial charge on any atom is -0.496 e. The predicted octanol–water partition coefficient (Wildman–Crippen LogP) is 4.96. The van der Waals surface area contributed by atoms with Gasteiger partial charge < -0.3 is 14.8 Å². The average Bonchev–Trinajstić information content (AvgIpc) is 3.17. The fourth-order valence-corrected chi connectivity index (χ4v) is 4.41. The highest BCUT2D eigenvalue weighted by Gasteiger charge is 2.41. The van der Waals surface area contributed by atoms with Crippen molar-refractivity contribution in [3.8, 4) is 5.75 Å². The highest BCUT2D eigenvalue weighted by Crippen LogP contribution is 2.53. The molecule has 1 heterocycles. The second-order valence-electron chi connectivity index (χ2n) is 6.59. The Balaban J connectivity index is 1.88. The molecule has 2 aromatic rings. The van der Waals surface area contributed by atoms with E-state index in [-0.39, 0.29) is 23.8 Å². The van der Waals surface area contributed by atoms with E-state index in [0.29, 0.717) is 10.6 Å². The number of rotatable bonds is 3. The van der Waals surface area contributed by atoms with Gasteiger partial charge >= 0.3 is 5.97 Å². The maximum absolute atomic E-state index is 12.3. The number of para-hydroxylation sites is 1. The number of hydrogen-bond donors (Lipinski definition) is 1. The number of carbonyl (C=O) groups is 1. The van der Waals surface area contributed by atoms with Gasteiger partial charge in [0, 0.05) is 11.5 Å². The maximum atomic E-state index is 12.3. The Kier molecular flexibility index (Phi) is 4.37. The molecule has 0 amide bonds. The van der Waals surface area contributed by atoms with Crippen LogP contribution in [0.4, 0.5) is 5.69 Å². The molecule has 2 aliphatic rings. The van der Waals surface area contributed by atoms with E-state index < -0.39 is 0 Å². The third-order valence-corrected chi connectivity index (χ3v) is 5.66. The van der Waals surface area contributed by atoms with Crippen molar-refractivity contribution in [3.05, 3.63) is 70.3 Å². The summed E-state index contributed by atoms with van der Waals surface area (Å²) in [6.45, 7) is 0. The summed E-state index contributed by atoms with van der Waals surface area (Å²) in [5.41, 5.74) is 3.39. The van der Waals surface area contributed by atoms with E-state index in [4.69, 9.17) is 21.1 Å². The van der Waals surface area contributed by atoms with Gasteiger partial charge in [0.15, 0.2) is 0 Å². The molecule has 3 atom stereocenters. The van der Waals surface area contributed by atoms with Crippen LogP contribution in [0.3, 0.4) is 0 Å². The average molecular weight is 370 g/mol. The van der Waals surface area contributed by atoms with Crippen LogP contribution in [0.2, 0.25) is 5.02 Å². The van der Waals surface area contributed by atoms with E-state index in [1.54, 1.807) is 19.2 Å². The third-order valence-electron chi connectivity index (χ3n) is 5.35. The summed E-state index contributed by atoms with van der Waals surface area (Å²) in [6.07, 6.45) is 5.28. The van der Waals surface area contributed by atoms with Crippen molar-refractivity contribution in [2.75, 3.05) is 19.5 Å². The Morgan fingerprint density at radius 1 is 1.19 bits per heavy atom. The van der Waals surface area contributed by atoms with Gasteiger partial charge in [-0.3, -0.25) is 0 Å². The smallest absolute Gasteiger partial charge is 0.338 e. The van der Waals surface area contributed by atoms with Gasteiger partial charge in [-0.15, -0.1) is 0 Å². The molecule has 4 rings (SSSR count). The summed E-state index contributed by atoms with van der Waals surface area (Å²) >= 11 is 6.51. The van der Waals surface area contributed by atoms with Crippen LogP contribution in [0.25, 0.3) is 0 Å². The fraction of sp³-hybridized carbons (Fsp3) is 0.286. The number of halogens is 1. The normalized spacial score (nSPS) is 23.0. The number of nitrogens with one attached hydrogen (secondary N) is 1. The van der Waals surface area contributed by atoms with Gasteiger partial charge in [0.25, 0.3) is 0 Å². The van der Waals surface area contributed by atoms with Gasteiger partial charge in [-0.25, -0.2) is 4.79 Å². The van der Waals surface area contributed by atoms with Gasteiger partial charge in [0.2, 0.25) is 0 Å². The molecule has 4 nitrogen and oxygen atoms in total. The number of carbonyl (C=O) groups excluding carboxylic acids is 1. The zero-order chi connectivity index (χ0) is 18.3. The second kappa shape index (κ2) is 6.69. The SMILES string of the molecule is COC(=O)c1ccc(Cl)c2c1[C@@H]1C=CC[C@H]1[C@@H](c1ccccc1OC)N2. The van der Waals surface area contributed by atoms with Crippen molar-refractivity contribution in [1.82, 2.24) is 0 Å². The lowest BCUT2D eigenvalue weighted by molar-refractivity contribution is 0.0598. The number of esters is 1. The van der Waals surface area contributed by atoms with E-state index >= 15 is 0 Å². The number of methoxy groups -OCH3 is 2. The van der Waals surface area contributed by atoms with Crippen LogP contribution in [0, 0.1) is 5.92 Å². The van der Waals surface area contributed by atoms with Crippen molar-refractivity contribution < 1.29 is 14.3 Å². The quantitative estimate of drug-likeness (QED) is 0.613. The molecule has 134 valence electrons. The summed E-state index contributed by atoms with van der Waals surface area (Å²) in [5.74, 6) is 0.892. The Morgan fingerprint density at radius 3 is 2.77 bits per heavy atom. The number of allylic oxidation sites excluding steroid dienone is 2. The van der Waals surface area contributed by atoms with Gasteiger partial charge in [0.1, 0.15) is 5.75 Å². The fourth-order valence-electron chi connectivity index (χ4n) is 4.19. The Bertz CT molecular complexity index is 893. The number of anilines is 1. The molecule has 0 saturated carbocycles. The largest absolute Gasteiger partial charge is 0.496 e. The highest BCUT2D eigenvalue weighted by atomic mass is 35.5. The predicted molar refractivity (Wildman–Crippen MR) is 102 cm³/mol. The molecule has 0 fully saturated rings. The number of fused-ring (bicyclic) bond motifs is 3. The molecule has 26 heavy (non-hydrogen) atoms. The maximum Gasteiger partial charge on any atom is 0.338 e. The molecular weight excluding hydrogens is 350 g/mol. The molecule has 1 aliphatic heterocycles. The Morgan fingerprint density at radius 2 is 2.00 bits per heavy atom. The van der Waals surface area contributed by atoms with Gasteiger partial charge in [-0.2, -0.15) is 0 Å². The van der Waals surface area contributed by atoms with Crippen LogP contribution < -0.4 is 10.1 Å². The lowest BCUT2D eigenvalue weighted by Crippen LogP contribution is -2.31. The first-order chi connectivity index (χ1) is 12.7. The van der Waals surface area contributed by atoms with Crippen molar-refractivity contribution in [1.29, 1.82) is 0 Å². The molecule has 0 radical (unpaired) electrons. The van der Waals surface area contributed by atoms with Crippen LogP contribution >= 0.6 is 11.6 Å². The molecule has 0 spiro atoms. The van der Waals surface area contributed by atoms with Crippen LogP contribution in [-0.2, 0) is 4.74 Å². The first kappa shape index (κ1) is 17.0. The van der Waals surface area contributed by atoms with Crippen molar-refractivity contribution in [3.63, 3.8) is 0 Å². The Labute approximate surface area is 157 Å². The van der Waals surface area contributed by atoms with Crippen molar-refractivity contribution >= 4 is 23.3 Å². The molecule has 0 aromatic heterocycles. The third kappa shape index (κ3) is 2.56. The number of hydrogen-bond acceptors (Lipinski definition) is 4. The van der Waals surface area contributed by atoms with Crippen LogP contribution in [0.5, 0.6) is 5.75 Å². The summed E-state index contributed by atoms with van der Waals surface area (Å²) < 4.78 is 10.6. The number of benzene rings is 2. The van der Waals surface area contributed by atoms with Crippen LogP contribution in [0.15, 0.2) is 48.6 Å². The highest BCUT2D eigenvalue weighted by molar-refractivity contribution is 6.33. The standard InChI is InChI=1S/C21H20ClNO3/c1-25-17-9-4-3-6-14(17)19-13-8-5-7-12(13)18-15(21(24)26-2)10-11-16(22)20(18)23-19/h3-7,9-13,19,23H,8H2,1-2H3/t12-,13-,19+/m1/s1. The van der Waals surface area contributed by atoms with Gasteiger partial charge in [-0.1, -0.05) is 42.0 Å². The number of ether oxygens (including phenoxy) is 2. The topological polar surface area (TPSA) is 47.6 Å². The Hall–Kier alpha value is -2.46. The van der Waals surface area contributed by atoms with Gasteiger partial charge in [-0.05, 0) is 36.1 Å². The van der Waals surface area contributed by atoms with Crippen LogP contribution in [0.1, 0.15) is 39.9 Å². The zero-order valence-corrected chi connectivity index (χ0v) is 15.4. The molecule has 0 unspecified atom stereocenters. The van der Waals surface area contributed by atoms with E-state index in [1.807, 2.05) is 18.2 Å². The summed E-state index contributed by atoms with van der Waals surface area (Å²) in [4.78, 5) is 12.3. The first-order valence-corrected chi connectivity index (χ1v) is 9.00. The molecule has 5 heteroatoms. The molecule has 0 bridgehead atoms. The van der Waals surface area contributed by atoms with Crippen molar-refractivity contribution in [2.24, 2.45) is 5.92 Å². The summed E-state index contributed by atoms with van der Waals surface area (Å²) in [7, 11) is 3.08. The lowest BCUT2D eigenvalue weighted by Gasteiger charge is -2.39. The van der Waals surface area contributed by atoms with E-state index in [9.17, 15) is 4.79 Å². The monoisotopic (exact) mass is 369 g/mol. The molecule has 1 N–H and O–H groups in total. The zero-order valence-electron chi connectivity index (χ0n) is 14.7. The molecule has 1 aliphatic carbocycles. The minimum absolute atomic E-state index is 0.0454. The van der Waals surface area contributed by atoms with Crippen LogP contribution in [-0.4, -0.2) is 20.2 Å². The molecular formula is C21H20ClNO3. The van der Waals surface area contributed by atoms with Gasteiger partial charge in [0.05, 0.1) is 36.5 Å². The van der Waals surface area contributed by atoms with E-state index in [2.05, 4.69) is 23.5 Å². The summed E-state index contributed by atoms with van der Waals surface area (Å²) in [5, 5.41) is 4.19. The minimum atomic E-state index is -0.338. The lowest BCUT2D eigenvalue weighted by atomic mass is 9.75. The second-order valence-corrected chi connectivity index (χ2v) is 7.00. The van der Waals surface area contributed by atoms with E-state index in [1.165, 1.54) is 7.11 Å². The van der Waals surface area contributed by atoms with E-state index in [0.717, 1.165) is 29.0 Å². The summed E-state index contributed by atoms with van der Waals surface area (Å²) in [6, 6.07) is 11.6. The first-order valence-electron chi connectivity index (χ1n) is 8.62. The molecule has 2 aromatic carbocycles. The molecule has 0 saturated heterocycles. The van der Waals surface area contributed by atoms with Crippen molar-refractivity contribution in [2.45, 2.75) is 18.4 Å².